The lowest BCUT2D eigenvalue weighted by atomic mass is 9.64. The summed E-state index contributed by atoms with van der Waals surface area (Å²) in [5, 5.41) is 4.94. The smallest absolute Gasteiger partial charge is 0.238 e. The van der Waals surface area contributed by atoms with Crippen LogP contribution in [-0.4, -0.2) is 29.6 Å². The van der Waals surface area contributed by atoms with Gasteiger partial charge in [-0.15, -0.1) is 11.3 Å². The Morgan fingerprint density at radius 3 is 2.45 bits per heavy atom. The van der Waals surface area contributed by atoms with E-state index in [0.29, 0.717) is 16.1 Å². The van der Waals surface area contributed by atoms with Crippen LogP contribution in [-0.2, 0) is 10.2 Å². The second kappa shape index (κ2) is 8.36. The number of fused-ring (bicyclic) bond motifs is 6. The second-order valence-electron chi connectivity index (χ2n) is 10.1. The molecule has 4 atom stereocenters. The van der Waals surface area contributed by atoms with Crippen LogP contribution in [0.15, 0.2) is 96.4 Å². The number of thiophene rings is 1. The van der Waals surface area contributed by atoms with Crippen LogP contribution in [0.3, 0.4) is 0 Å². The first-order chi connectivity index (χ1) is 18.5. The van der Waals surface area contributed by atoms with E-state index in [9.17, 15) is 14.4 Å². The predicted octanol–water partition coefficient (Wildman–Crippen LogP) is 5.91. The summed E-state index contributed by atoms with van der Waals surface area (Å²) in [4.78, 5) is 45.9. The average Bonchev–Trinajstić information content (AvgIpc) is 3.65. The number of anilines is 2. The van der Waals surface area contributed by atoms with Crippen molar-refractivity contribution in [3.8, 4) is 0 Å². The molecule has 1 fully saturated rings. The maximum absolute atomic E-state index is 14.6. The van der Waals surface area contributed by atoms with Crippen LogP contribution in [0.4, 0.5) is 11.4 Å². The van der Waals surface area contributed by atoms with E-state index in [0.717, 1.165) is 22.4 Å². The van der Waals surface area contributed by atoms with Gasteiger partial charge in [-0.1, -0.05) is 84.4 Å². The highest BCUT2D eigenvalue weighted by Gasteiger charge is 2.70. The summed E-state index contributed by atoms with van der Waals surface area (Å²) in [5.41, 5.74) is 3.51. The van der Waals surface area contributed by atoms with Gasteiger partial charge >= 0.3 is 0 Å². The number of carbonyl (C=O) groups excluding carboxylic acids is 3. The quantitative estimate of drug-likeness (QED) is 0.343. The molecule has 3 aliphatic rings. The lowest BCUT2D eigenvalue weighted by Gasteiger charge is -2.37. The number of nitrogens with zero attached hydrogens (tertiary/aromatic N) is 1. The third kappa shape index (κ3) is 3.01. The predicted molar refractivity (Wildman–Crippen MR) is 150 cm³/mol. The Morgan fingerprint density at radius 1 is 0.895 bits per heavy atom. The molecular formula is C32H24N2O3S. The van der Waals surface area contributed by atoms with Crippen molar-refractivity contribution < 1.29 is 14.4 Å². The van der Waals surface area contributed by atoms with Crippen LogP contribution < -0.4 is 10.2 Å². The maximum Gasteiger partial charge on any atom is 0.238 e. The van der Waals surface area contributed by atoms with Gasteiger partial charge in [-0.3, -0.25) is 14.4 Å². The molecule has 7 rings (SSSR count). The molecule has 0 unspecified atom stereocenters. The van der Waals surface area contributed by atoms with Crippen LogP contribution in [0.1, 0.15) is 36.7 Å². The van der Waals surface area contributed by atoms with Gasteiger partial charge in [0.25, 0.3) is 0 Å². The highest BCUT2D eigenvalue weighted by atomic mass is 32.1. The Kier molecular flexibility index (Phi) is 5.03. The van der Waals surface area contributed by atoms with Crippen LogP contribution in [0.2, 0.25) is 0 Å². The van der Waals surface area contributed by atoms with Crippen LogP contribution in [0, 0.1) is 12.8 Å². The first kappa shape index (κ1) is 22.9. The molecule has 3 aliphatic heterocycles. The average molecular weight is 517 g/mol. The van der Waals surface area contributed by atoms with Gasteiger partial charge in [0.2, 0.25) is 5.91 Å². The molecule has 1 N–H and O–H groups in total. The number of aryl methyl sites for hydroxylation is 1. The van der Waals surface area contributed by atoms with Gasteiger partial charge < -0.3 is 10.2 Å². The zero-order valence-electron chi connectivity index (χ0n) is 20.6. The normalized spacial score (nSPS) is 24.6. The number of benzene rings is 3. The van der Waals surface area contributed by atoms with Crippen molar-refractivity contribution in [1.29, 1.82) is 0 Å². The van der Waals surface area contributed by atoms with Crippen molar-refractivity contribution >= 4 is 46.3 Å². The largest absolute Gasteiger partial charge is 0.352 e. The molecule has 0 radical (unpaired) electrons. The topological polar surface area (TPSA) is 66.5 Å². The monoisotopic (exact) mass is 516 g/mol. The van der Waals surface area contributed by atoms with E-state index in [1.54, 1.807) is 18.2 Å². The molecule has 0 aliphatic carbocycles. The Labute approximate surface area is 224 Å². The van der Waals surface area contributed by atoms with E-state index < -0.39 is 23.4 Å². The molecule has 186 valence electrons. The molecule has 3 aromatic carbocycles. The number of hydrogen-bond donors (Lipinski definition) is 1. The van der Waals surface area contributed by atoms with E-state index >= 15 is 0 Å². The zero-order valence-corrected chi connectivity index (χ0v) is 21.4. The number of nitrogens with one attached hydrogen (secondary N) is 1. The molecule has 4 heterocycles. The van der Waals surface area contributed by atoms with Crippen molar-refractivity contribution in [3.05, 3.63) is 124 Å². The molecule has 5 nitrogen and oxygen atoms in total. The summed E-state index contributed by atoms with van der Waals surface area (Å²) in [6.07, 6.45) is 4.01. The molecule has 0 bridgehead atoms. The third-order valence-electron chi connectivity index (χ3n) is 8.19. The minimum absolute atomic E-state index is 0.144. The molecule has 1 saturated heterocycles. The molecule has 38 heavy (non-hydrogen) atoms. The zero-order chi connectivity index (χ0) is 26.0. The highest BCUT2D eigenvalue weighted by Crippen LogP contribution is 2.58. The number of para-hydroxylation sites is 2. The summed E-state index contributed by atoms with van der Waals surface area (Å²) in [6, 6.07) is 25.1. The van der Waals surface area contributed by atoms with Gasteiger partial charge in [0, 0.05) is 16.9 Å². The highest BCUT2D eigenvalue weighted by molar-refractivity contribution is 7.12. The summed E-state index contributed by atoms with van der Waals surface area (Å²) in [6.45, 7) is 1.97. The number of amides is 1. The fraction of sp³-hybridized carbons (Fsp3) is 0.156. The molecule has 0 saturated carbocycles. The van der Waals surface area contributed by atoms with Crippen LogP contribution in [0.25, 0.3) is 6.08 Å². The first-order valence-corrected chi connectivity index (χ1v) is 13.5. The lowest BCUT2D eigenvalue weighted by molar-refractivity contribution is -0.121. The standard InChI is InChI=1S/C32H24N2O3S/c1-19-12-14-21(15-13-19)29(35)27-28(30(36)25-11-6-18-38-25)34-24-10-5-2-7-20(24)16-17-26(34)32(27)22-8-3-4-9-23(22)33-31(32)37/h2-18,26-28H,1H3,(H,33,37)/t26-,27+,28-,32+/m1/s1. The molecule has 1 amide bonds. The lowest BCUT2D eigenvalue weighted by Crippen LogP contribution is -2.51. The number of Topliss-reactive ketones (excluding diaryl/α,β-unsaturated/α-hetero) is 2. The number of carbonyl (C=O) groups is 3. The summed E-state index contributed by atoms with van der Waals surface area (Å²) < 4.78 is 0. The SMILES string of the molecule is Cc1ccc(C(=O)[C@@H]2[C@H](C(=O)c3cccs3)N3c4ccccc4C=C[C@@H]3[C@]23C(=O)Nc2ccccc23)cc1. The molecule has 1 spiro atoms. The number of rotatable bonds is 4. The summed E-state index contributed by atoms with van der Waals surface area (Å²) in [5.74, 6) is -1.53. The molecule has 6 heteroatoms. The molecule has 4 aromatic rings. The first-order valence-electron chi connectivity index (χ1n) is 12.7. The van der Waals surface area contributed by atoms with Gasteiger partial charge in [0.15, 0.2) is 11.6 Å². The van der Waals surface area contributed by atoms with Gasteiger partial charge in [-0.05, 0) is 41.6 Å². The van der Waals surface area contributed by atoms with Crippen molar-refractivity contribution in [2.24, 2.45) is 5.92 Å². The van der Waals surface area contributed by atoms with E-state index in [2.05, 4.69) is 5.32 Å². The minimum atomic E-state index is -1.28. The Hall–Kier alpha value is -4.29. The van der Waals surface area contributed by atoms with E-state index in [4.69, 9.17) is 0 Å². The van der Waals surface area contributed by atoms with Crippen LogP contribution in [0.5, 0.6) is 0 Å². The summed E-state index contributed by atoms with van der Waals surface area (Å²) >= 11 is 1.36. The number of ketones is 2. The van der Waals surface area contributed by atoms with Gasteiger partial charge in [-0.25, -0.2) is 0 Å². The van der Waals surface area contributed by atoms with Crippen LogP contribution >= 0.6 is 11.3 Å². The Balaban J connectivity index is 1.54. The van der Waals surface area contributed by atoms with Crippen molar-refractivity contribution in [1.82, 2.24) is 0 Å². The summed E-state index contributed by atoms with van der Waals surface area (Å²) in [7, 11) is 0. The molecular weight excluding hydrogens is 492 g/mol. The second-order valence-corrected chi connectivity index (χ2v) is 11.1. The maximum atomic E-state index is 14.6. The Bertz CT molecular complexity index is 1640. The minimum Gasteiger partial charge on any atom is -0.352 e. The van der Waals surface area contributed by atoms with E-state index in [1.807, 2.05) is 96.1 Å². The van der Waals surface area contributed by atoms with Crippen molar-refractivity contribution in [3.63, 3.8) is 0 Å². The Morgan fingerprint density at radius 2 is 1.66 bits per heavy atom. The van der Waals surface area contributed by atoms with Crippen molar-refractivity contribution in [2.45, 2.75) is 24.4 Å². The van der Waals surface area contributed by atoms with Gasteiger partial charge in [-0.2, -0.15) is 0 Å². The fourth-order valence-corrected chi connectivity index (χ4v) is 7.28. The fourth-order valence-electron chi connectivity index (χ4n) is 6.58. The van der Waals surface area contributed by atoms with Crippen molar-refractivity contribution in [2.75, 3.05) is 10.2 Å². The van der Waals surface area contributed by atoms with Gasteiger partial charge in [0.1, 0.15) is 11.5 Å². The number of hydrogen-bond acceptors (Lipinski definition) is 5. The molecule has 1 aromatic heterocycles. The van der Waals surface area contributed by atoms with Gasteiger partial charge in [0.05, 0.1) is 16.8 Å². The van der Waals surface area contributed by atoms with E-state index in [1.165, 1.54) is 11.3 Å². The third-order valence-corrected chi connectivity index (χ3v) is 9.08. The van der Waals surface area contributed by atoms with E-state index in [-0.39, 0.29) is 17.5 Å².